The molecule has 1 unspecified atom stereocenters. The maximum absolute atomic E-state index is 11.1. The molecule has 29 heavy (non-hydrogen) atoms. The van der Waals surface area contributed by atoms with Crippen LogP contribution in [0.5, 0.6) is 5.75 Å². The summed E-state index contributed by atoms with van der Waals surface area (Å²) in [5.74, 6) is 2.46. The number of ether oxygens (including phenoxy) is 1. The number of rotatable bonds is 6. The van der Waals surface area contributed by atoms with Crippen molar-refractivity contribution in [3.8, 4) is 28.7 Å². The second-order valence-electron chi connectivity index (χ2n) is 7.40. The summed E-state index contributed by atoms with van der Waals surface area (Å²) in [6.07, 6.45) is 5.47. The van der Waals surface area contributed by atoms with Crippen LogP contribution in [-0.4, -0.2) is 47.9 Å². The normalized spacial score (nSPS) is 13.9. The van der Waals surface area contributed by atoms with Crippen molar-refractivity contribution >= 4 is 11.7 Å². The molecule has 0 aliphatic carbocycles. The average molecular weight is 396 g/mol. The summed E-state index contributed by atoms with van der Waals surface area (Å²) in [4.78, 5) is 24.8. The number of carbonyl (C=O) groups is 1. The van der Waals surface area contributed by atoms with Gasteiger partial charge in [0, 0.05) is 37.0 Å². The van der Waals surface area contributed by atoms with Crippen LogP contribution < -0.4 is 15.8 Å². The summed E-state index contributed by atoms with van der Waals surface area (Å²) in [5.41, 5.74) is 6.82. The Balaban J connectivity index is 1.67. The zero-order valence-corrected chi connectivity index (χ0v) is 16.7. The minimum atomic E-state index is -0.361. The Hall–Kier alpha value is -3.43. The van der Waals surface area contributed by atoms with Gasteiger partial charge in [-0.15, -0.1) is 0 Å². The van der Waals surface area contributed by atoms with E-state index >= 15 is 0 Å². The Morgan fingerprint density at radius 3 is 2.90 bits per heavy atom. The zero-order valence-electron chi connectivity index (χ0n) is 16.7. The van der Waals surface area contributed by atoms with Crippen LogP contribution in [0.2, 0.25) is 0 Å². The van der Waals surface area contributed by atoms with Gasteiger partial charge in [-0.2, -0.15) is 5.10 Å². The third-order valence-electron chi connectivity index (χ3n) is 4.67. The SMILES string of the molecule is CC(CC(N)=O)Nc1cc2c(cn1)-c1nc(-c3ncnn3C(C)C)cn1CCO2. The Bertz CT molecular complexity index is 1040. The van der Waals surface area contributed by atoms with E-state index in [9.17, 15) is 4.79 Å². The molecule has 4 heterocycles. The highest BCUT2D eigenvalue weighted by Crippen LogP contribution is 2.34. The summed E-state index contributed by atoms with van der Waals surface area (Å²) in [6.45, 7) is 7.16. The number of amides is 1. The van der Waals surface area contributed by atoms with E-state index in [-0.39, 0.29) is 24.4 Å². The van der Waals surface area contributed by atoms with Gasteiger partial charge in [0.1, 0.15) is 36.0 Å². The molecule has 10 heteroatoms. The number of imidazole rings is 1. The van der Waals surface area contributed by atoms with Crippen LogP contribution in [-0.2, 0) is 11.3 Å². The van der Waals surface area contributed by atoms with Crippen LogP contribution in [0.3, 0.4) is 0 Å². The highest BCUT2D eigenvalue weighted by molar-refractivity contribution is 5.75. The molecule has 3 N–H and O–H groups in total. The van der Waals surface area contributed by atoms with Gasteiger partial charge in [-0.25, -0.2) is 19.6 Å². The highest BCUT2D eigenvalue weighted by atomic mass is 16.5. The number of nitrogens with zero attached hydrogens (tertiary/aromatic N) is 6. The Kier molecular flexibility index (Phi) is 4.91. The molecule has 4 rings (SSSR count). The number of fused-ring (bicyclic) bond motifs is 3. The van der Waals surface area contributed by atoms with Crippen molar-refractivity contribution in [1.82, 2.24) is 29.3 Å². The molecular weight excluding hydrogens is 372 g/mol. The number of nitrogens with one attached hydrogen (secondary N) is 1. The first-order chi connectivity index (χ1) is 13.9. The predicted molar refractivity (Wildman–Crippen MR) is 107 cm³/mol. The Labute approximate surface area is 168 Å². The molecule has 0 saturated carbocycles. The number of anilines is 1. The number of hydrogen-bond acceptors (Lipinski definition) is 7. The first-order valence-electron chi connectivity index (χ1n) is 9.57. The lowest BCUT2D eigenvalue weighted by molar-refractivity contribution is -0.118. The molecule has 0 saturated heterocycles. The molecule has 0 radical (unpaired) electrons. The number of pyridine rings is 1. The zero-order chi connectivity index (χ0) is 20.5. The number of carbonyl (C=O) groups excluding carboxylic acids is 1. The van der Waals surface area contributed by atoms with E-state index in [0.29, 0.717) is 24.7 Å². The number of nitrogens with two attached hydrogens (primary N) is 1. The third kappa shape index (κ3) is 3.78. The Morgan fingerprint density at radius 2 is 2.14 bits per heavy atom. The van der Waals surface area contributed by atoms with E-state index in [0.717, 1.165) is 22.9 Å². The molecule has 0 aromatic carbocycles. The van der Waals surface area contributed by atoms with Crippen LogP contribution in [0.1, 0.15) is 33.2 Å². The summed E-state index contributed by atoms with van der Waals surface area (Å²) in [6, 6.07) is 1.88. The minimum Gasteiger partial charge on any atom is -0.491 e. The van der Waals surface area contributed by atoms with Crippen LogP contribution in [0.4, 0.5) is 5.82 Å². The Morgan fingerprint density at radius 1 is 1.31 bits per heavy atom. The van der Waals surface area contributed by atoms with Crippen LogP contribution >= 0.6 is 0 Å². The van der Waals surface area contributed by atoms with Crippen molar-refractivity contribution in [2.24, 2.45) is 5.73 Å². The maximum Gasteiger partial charge on any atom is 0.219 e. The van der Waals surface area contributed by atoms with Crippen LogP contribution in [0.25, 0.3) is 22.9 Å². The average Bonchev–Trinajstić information content (AvgIpc) is 3.25. The van der Waals surface area contributed by atoms with Gasteiger partial charge in [0.2, 0.25) is 5.91 Å². The van der Waals surface area contributed by atoms with Crippen molar-refractivity contribution in [2.45, 2.75) is 45.8 Å². The molecule has 1 aliphatic heterocycles. The van der Waals surface area contributed by atoms with Gasteiger partial charge >= 0.3 is 0 Å². The summed E-state index contributed by atoms with van der Waals surface area (Å²) < 4.78 is 9.82. The molecule has 1 atom stereocenters. The second kappa shape index (κ2) is 7.53. The summed E-state index contributed by atoms with van der Waals surface area (Å²) >= 11 is 0. The van der Waals surface area contributed by atoms with Gasteiger partial charge in [0.15, 0.2) is 5.82 Å². The van der Waals surface area contributed by atoms with Gasteiger partial charge in [-0.1, -0.05) is 0 Å². The molecule has 3 aromatic rings. The first kappa shape index (κ1) is 18.9. The topological polar surface area (TPSA) is 126 Å². The third-order valence-corrected chi connectivity index (χ3v) is 4.67. The van der Waals surface area contributed by atoms with E-state index in [1.54, 1.807) is 12.5 Å². The van der Waals surface area contributed by atoms with Gasteiger partial charge in [-0.3, -0.25) is 4.79 Å². The number of primary amides is 1. The highest BCUT2D eigenvalue weighted by Gasteiger charge is 2.22. The molecule has 3 aromatic heterocycles. The van der Waals surface area contributed by atoms with Crippen molar-refractivity contribution in [2.75, 3.05) is 11.9 Å². The molecule has 0 fully saturated rings. The maximum atomic E-state index is 11.1. The van der Waals surface area contributed by atoms with Gasteiger partial charge in [-0.05, 0) is 20.8 Å². The summed E-state index contributed by atoms with van der Waals surface area (Å²) in [5, 5.41) is 7.47. The number of aromatic nitrogens is 6. The first-order valence-corrected chi connectivity index (χ1v) is 9.57. The van der Waals surface area contributed by atoms with Crippen molar-refractivity contribution in [3.63, 3.8) is 0 Å². The molecule has 152 valence electrons. The van der Waals surface area contributed by atoms with E-state index < -0.39 is 0 Å². The molecule has 0 spiro atoms. The van der Waals surface area contributed by atoms with Crippen molar-refractivity contribution < 1.29 is 9.53 Å². The van der Waals surface area contributed by atoms with E-state index in [1.807, 2.05) is 28.4 Å². The quantitative estimate of drug-likeness (QED) is 0.651. The summed E-state index contributed by atoms with van der Waals surface area (Å²) in [7, 11) is 0. The standard InChI is InChI=1S/C19H24N8O2/c1-11(2)27-19(22-10-23-27)14-9-26-4-5-29-15-7-17(24-12(3)6-16(20)28)21-8-13(15)18(26)25-14/h7-12H,4-6H2,1-3H3,(H2,20,28)(H,21,24). The molecule has 1 aliphatic rings. The monoisotopic (exact) mass is 396 g/mol. The molecule has 10 nitrogen and oxygen atoms in total. The van der Waals surface area contributed by atoms with Gasteiger partial charge < -0.3 is 20.4 Å². The number of hydrogen-bond donors (Lipinski definition) is 2. The molecule has 0 bridgehead atoms. The largest absolute Gasteiger partial charge is 0.491 e. The van der Waals surface area contributed by atoms with Crippen LogP contribution in [0.15, 0.2) is 24.8 Å². The van der Waals surface area contributed by atoms with Crippen LogP contribution in [0, 0.1) is 0 Å². The van der Waals surface area contributed by atoms with E-state index in [2.05, 4.69) is 34.2 Å². The van der Waals surface area contributed by atoms with E-state index in [1.165, 1.54) is 0 Å². The van der Waals surface area contributed by atoms with Gasteiger partial charge in [0.05, 0.1) is 12.1 Å². The predicted octanol–water partition coefficient (Wildman–Crippen LogP) is 1.85. The van der Waals surface area contributed by atoms with Gasteiger partial charge in [0.25, 0.3) is 0 Å². The van der Waals surface area contributed by atoms with E-state index in [4.69, 9.17) is 15.5 Å². The fourth-order valence-corrected chi connectivity index (χ4v) is 3.38. The smallest absolute Gasteiger partial charge is 0.219 e. The second-order valence-corrected chi connectivity index (χ2v) is 7.40. The fraction of sp³-hybridized carbons (Fsp3) is 0.421. The minimum absolute atomic E-state index is 0.125. The molecular formula is C19H24N8O2. The lowest BCUT2D eigenvalue weighted by atomic mass is 10.2. The van der Waals surface area contributed by atoms with Crippen molar-refractivity contribution in [3.05, 3.63) is 24.8 Å². The molecule has 1 amide bonds. The lowest BCUT2D eigenvalue weighted by Gasteiger charge is -2.14. The fourth-order valence-electron chi connectivity index (χ4n) is 3.38. The lowest BCUT2D eigenvalue weighted by Crippen LogP contribution is -2.24. The van der Waals surface area contributed by atoms with Crippen molar-refractivity contribution in [1.29, 1.82) is 0 Å².